The summed E-state index contributed by atoms with van der Waals surface area (Å²) in [5, 5.41) is -0.00385. The minimum atomic E-state index is -0.510. The predicted molar refractivity (Wildman–Crippen MR) is 77.8 cm³/mol. The topological polar surface area (TPSA) is 25.8 Å². The Bertz CT molecular complexity index is 806. The fraction of sp³-hybridized carbons (Fsp3) is 0. The van der Waals surface area contributed by atoms with Crippen LogP contribution in [-0.4, -0.2) is 9.97 Å². The Labute approximate surface area is 125 Å². The second-order valence-corrected chi connectivity index (χ2v) is 4.80. The van der Waals surface area contributed by atoms with Crippen LogP contribution in [0.2, 0.25) is 5.02 Å². The quantitative estimate of drug-likeness (QED) is 0.683. The van der Waals surface area contributed by atoms with Gasteiger partial charge in [-0.15, -0.1) is 0 Å². The summed E-state index contributed by atoms with van der Waals surface area (Å²) < 4.78 is 27.2. The minimum absolute atomic E-state index is 0.00385. The minimum Gasteiger partial charge on any atom is -0.244 e. The summed E-state index contributed by atoms with van der Waals surface area (Å²) in [6.07, 6.45) is 2.90. The number of hydrogen-bond donors (Lipinski definition) is 0. The Morgan fingerprint density at radius 3 is 2.48 bits per heavy atom. The van der Waals surface area contributed by atoms with Gasteiger partial charge in [0.1, 0.15) is 18.0 Å². The van der Waals surface area contributed by atoms with Crippen LogP contribution in [0.25, 0.3) is 22.4 Å². The molecule has 0 unspecified atom stereocenters. The number of hydrogen-bond acceptors (Lipinski definition) is 2. The lowest BCUT2D eigenvalue weighted by molar-refractivity contribution is 0.628. The Morgan fingerprint density at radius 2 is 1.71 bits per heavy atom. The smallest absolute Gasteiger partial charge is 0.141 e. The van der Waals surface area contributed by atoms with Crippen molar-refractivity contribution in [1.82, 2.24) is 9.97 Å². The first kappa shape index (κ1) is 13.6. The van der Waals surface area contributed by atoms with Crippen LogP contribution >= 0.6 is 11.6 Å². The molecule has 0 amide bonds. The Hall–Kier alpha value is -2.33. The molecule has 0 spiro atoms. The van der Waals surface area contributed by atoms with Crippen LogP contribution in [0.1, 0.15) is 0 Å². The van der Waals surface area contributed by atoms with Crippen molar-refractivity contribution < 1.29 is 8.78 Å². The SMILES string of the molecule is Fc1ccc(-c2cncnc2-c2ccccc2F)cc1Cl. The van der Waals surface area contributed by atoms with Crippen molar-refractivity contribution in [2.24, 2.45) is 0 Å². The summed E-state index contributed by atoms with van der Waals surface area (Å²) in [5.41, 5.74) is 2.01. The maximum absolute atomic E-state index is 14.0. The summed E-state index contributed by atoms with van der Waals surface area (Å²) in [4.78, 5) is 8.11. The molecule has 0 bridgehead atoms. The third-order valence-corrected chi connectivity index (χ3v) is 3.36. The van der Waals surface area contributed by atoms with Crippen LogP contribution in [-0.2, 0) is 0 Å². The second kappa shape index (κ2) is 5.58. The molecule has 0 radical (unpaired) electrons. The Morgan fingerprint density at radius 1 is 0.905 bits per heavy atom. The van der Waals surface area contributed by atoms with Crippen LogP contribution in [0.5, 0.6) is 0 Å². The zero-order valence-corrected chi connectivity index (χ0v) is 11.5. The van der Waals surface area contributed by atoms with E-state index < -0.39 is 5.82 Å². The molecule has 0 N–H and O–H groups in total. The van der Waals surface area contributed by atoms with Crippen LogP contribution in [0.3, 0.4) is 0 Å². The van der Waals surface area contributed by atoms with Crippen molar-refractivity contribution in [2.75, 3.05) is 0 Å². The molecule has 3 rings (SSSR count). The highest BCUT2D eigenvalue weighted by atomic mass is 35.5. The zero-order valence-electron chi connectivity index (χ0n) is 10.7. The molecule has 0 aliphatic rings. The third kappa shape index (κ3) is 2.62. The van der Waals surface area contributed by atoms with Gasteiger partial charge >= 0.3 is 0 Å². The molecule has 104 valence electrons. The van der Waals surface area contributed by atoms with Crippen molar-refractivity contribution in [3.63, 3.8) is 0 Å². The number of benzene rings is 2. The molecule has 0 aliphatic carbocycles. The fourth-order valence-electron chi connectivity index (χ4n) is 2.07. The van der Waals surface area contributed by atoms with Gasteiger partial charge in [-0.1, -0.05) is 29.8 Å². The van der Waals surface area contributed by atoms with E-state index in [4.69, 9.17) is 11.6 Å². The maximum Gasteiger partial charge on any atom is 0.141 e. The molecule has 1 aromatic heterocycles. The lowest BCUT2D eigenvalue weighted by Crippen LogP contribution is -1.93. The first-order valence-electron chi connectivity index (χ1n) is 6.17. The number of aromatic nitrogens is 2. The van der Waals surface area contributed by atoms with E-state index in [1.807, 2.05) is 0 Å². The zero-order chi connectivity index (χ0) is 14.8. The summed E-state index contributed by atoms with van der Waals surface area (Å²) in [6.45, 7) is 0. The summed E-state index contributed by atoms with van der Waals surface area (Å²) in [7, 11) is 0. The molecular weight excluding hydrogens is 294 g/mol. The Kier molecular flexibility index (Phi) is 3.62. The normalized spacial score (nSPS) is 10.6. The van der Waals surface area contributed by atoms with Gasteiger partial charge in [0.05, 0.1) is 10.7 Å². The number of rotatable bonds is 2. The average molecular weight is 303 g/mol. The van der Waals surface area contributed by atoms with Crippen LogP contribution in [0, 0.1) is 11.6 Å². The molecule has 0 atom stereocenters. The van der Waals surface area contributed by atoms with E-state index in [1.54, 1.807) is 30.5 Å². The van der Waals surface area contributed by atoms with E-state index >= 15 is 0 Å². The molecule has 0 saturated heterocycles. The monoisotopic (exact) mass is 302 g/mol. The van der Waals surface area contributed by atoms with E-state index in [2.05, 4.69) is 9.97 Å². The molecule has 0 saturated carbocycles. The molecule has 0 aliphatic heterocycles. The van der Waals surface area contributed by atoms with Crippen molar-refractivity contribution in [3.05, 3.63) is 71.6 Å². The molecule has 3 aromatic rings. The van der Waals surface area contributed by atoms with Gasteiger partial charge in [-0.25, -0.2) is 18.7 Å². The first-order valence-corrected chi connectivity index (χ1v) is 6.55. The largest absolute Gasteiger partial charge is 0.244 e. The summed E-state index contributed by atoms with van der Waals surface area (Å²) >= 11 is 5.80. The lowest BCUT2D eigenvalue weighted by atomic mass is 10.0. The van der Waals surface area contributed by atoms with Gasteiger partial charge < -0.3 is 0 Å². The second-order valence-electron chi connectivity index (χ2n) is 4.39. The van der Waals surface area contributed by atoms with E-state index in [0.717, 1.165) is 0 Å². The first-order chi connectivity index (χ1) is 10.2. The van der Waals surface area contributed by atoms with Crippen molar-refractivity contribution in [3.8, 4) is 22.4 Å². The van der Waals surface area contributed by atoms with Gasteiger partial charge in [-0.05, 0) is 29.8 Å². The predicted octanol–water partition coefficient (Wildman–Crippen LogP) is 4.74. The number of halogens is 3. The standard InChI is InChI=1S/C16H9ClF2N2/c17-13-7-10(5-6-15(13)19)12-8-20-9-21-16(12)11-3-1-2-4-14(11)18/h1-9H. The van der Waals surface area contributed by atoms with Gasteiger partial charge in [0.15, 0.2) is 0 Å². The summed E-state index contributed by atoms with van der Waals surface area (Å²) in [5.74, 6) is -0.893. The van der Waals surface area contributed by atoms with Crippen LogP contribution in [0.15, 0.2) is 55.0 Å². The Balaban J connectivity index is 2.21. The molecular formula is C16H9ClF2N2. The van der Waals surface area contributed by atoms with E-state index in [1.165, 1.54) is 24.5 Å². The van der Waals surface area contributed by atoms with Crippen molar-refractivity contribution in [1.29, 1.82) is 0 Å². The van der Waals surface area contributed by atoms with E-state index in [9.17, 15) is 8.78 Å². The molecule has 2 nitrogen and oxygen atoms in total. The molecule has 1 heterocycles. The van der Waals surface area contributed by atoms with E-state index in [-0.39, 0.29) is 10.8 Å². The molecule has 5 heteroatoms. The summed E-state index contributed by atoms with van der Waals surface area (Å²) in [6, 6.07) is 10.6. The molecule has 0 fully saturated rings. The fourth-order valence-corrected chi connectivity index (χ4v) is 2.25. The van der Waals surface area contributed by atoms with Gasteiger partial charge in [0, 0.05) is 17.3 Å². The van der Waals surface area contributed by atoms with Gasteiger partial charge in [0.2, 0.25) is 0 Å². The van der Waals surface area contributed by atoms with Crippen LogP contribution < -0.4 is 0 Å². The molecule has 21 heavy (non-hydrogen) atoms. The van der Waals surface area contributed by atoms with Crippen molar-refractivity contribution in [2.45, 2.75) is 0 Å². The maximum atomic E-state index is 14.0. The van der Waals surface area contributed by atoms with Crippen molar-refractivity contribution >= 4 is 11.6 Å². The number of nitrogens with zero attached hydrogens (tertiary/aromatic N) is 2. The third-order valence-electron chi connectivity index (χ3n) is 3.07. The van der Waals surface area contributed by atoms with Crippen LogP contribution in [0.4, 0.5) is 8.78 Å². The van der Waals surface area contributed by atoms with Gasteiger partial charge in [-0.2, -0.15) is 0 Å². The highest BCUT2D eigenvalue weighted by molar-refractivity contribution is 6.31. The molecule has 2 aromatic carbocycles. The van der Waals surface area contributed by atoms with E-state index in [0.29, 0.717) is 22.4 Å². The highest BCUT2D eigenvalue weighted by Gasteiger charge is 2.13. The van der Waals surface area contributed by atoms with Gasteiger partial charge in [0.25, 0.3) is 0 Å². The average Bonchev–Trinajstić information content (AvgIpc) is 2.51. The lowest BCUT2D eigenvalue weighted by Gasteiger charge is -2.09. The highest BCUT2D eigenvalue weighted by Crippen LogP contribution is 2.32. The van der Waals surface area contributed by atoms with Gasteiger partial charge in [-0.3, -0.25) is 0 Å².